The minimum absolute atomic E-state index is 0.604. The summed E-state index contributed by atoms with van der Waals surface area (Å²) >= 11 is 0. The summed E-state index contributed by atoms with van der Waals surface area (Å²) in [5.41, 5.74) is 0. The van der Waals surface area contributed by atoms with Crippen LogP contribution in [0.4, 0.5) is 0 Å². The van der Waals surface area contributed by atoms with Gasteiger partial charge in [0, 0.05) is 19.1 Å². The van der Waals surface area contributed by atoms with Crippen molar-refractivity contribution in [2.45, 2.75) is 71.6 Å². The molecule has 0 bridgehead atoms. The van der Waals surface area contributed by atoms with Crippen LogP contribution < -0.4 is 0 Å². The van der Waals surface area contributed by atoms with Gasteiger partial charge in [-0.1, -0.05) is 39.0 Å². The predicted octanol–water partition coefficient (Wildman–Crippen LogP) is 3.53. The Hall–Kier alpha value is -0.130. The smallest absolute Gasteiger partial charge is 0.0916 e. The summed E-state index contributed by atoms with van der Waals surface area (Å²) in [5, 5.41) is 0. The van der Waals surface area contributed by atoms with Crippen molar-refractivity contribution < 1.29 is 17.5 Å². The van der Waals surface area contributed by atoms with E-state index in [1.807, 2.05) is 0 Å². The van der Waals surface area contributed by atoms with Crippen LogP contribution in [0.1, 0.15) is 71.6 Å². The molecule has 1 fully saturated rings. The third kappa shape index (κ3) is 13.3. The van der Waals surface area contributed by atoms with Gasteiger partial charge in [0.2, 0.25) is 0 Å². The Balaban J connectivity index is 0.000000690. The first kappa shape index (κ1) is 20.9. The van der Waals surface area contributed by atoms with Crippen molar-refractivity contribution in [1.29, 1.82) is 0 Å². The third-order valence-electron chi connectivity index (χ3n) is 4.42. The highest BCUT2D eigenvalue weighted by atomic mass is 32.2. The van der Waals surface area contributed by atoms with E-state index in [9.17, 15) is 0 Å². The summed E-state index contributed by atoms with van der Waals surface area (Å²) in [6, 6.07) is 0. The third-order valence-corrected chi connectivity index (χ3v) is 4.42. The number of hydrogen-bond donors (Lipinski definition) is 0. The van der Waals surface area contributed by atoms with Crippen LogP contribution in [-0.4, -0.2) is 49.9 Å². The van der Waals surface area contributed by atoms with E-state index in [4.69, 9.17) is 13.0 Å². The van der Waals surface area contributed by atoms with Crippen LogP contribution in [0.5, 0.6) is 0 Å². The van der Waals surface area contributed by atoms with Crippen molar-refractivity contribution in [2.24, 2.45) is 0 Å². The molecule has 0 unspecified atom stereocenters. The van der Waals surface area contributed by atoms with Crippen molar-refractivity contribution in [3.8, 4) is 0 Å². The van der Waals surface area contributed by atoms with Crippen LogP contribution >= 0.6 is 0 Å². The second-order valence-electron chi connectivity index (χ2n) is 6.36. The molecule has 0 aromatic carbocycles. The van der Waals surface area contributed by atoms with Gasteiger partial charge in [-0.3, -0.25) is 0 Å². The Bertz CT molecular complexity index is 327. The van der Waals surface area contributed by atoms with Crippen LogP contribution in [-0.2, 0) is 10.1 Å². The average molecular weight is 322 g/mol. The van der Waals surface area contributed by atoms with Gasteiger partial charge in [0.15, 0.2) is 0 Å². The van der Waals surface area contributed by atoms with Crippen LogP contribution in [0.2, 0.25) is 0 Å². The van der Waals surface area contributed by atoms with Gasteiger partial charge in [0.25, 0.3) is 0 Å². The van der Waals surface area contributed by atoms with E-state index in [0.29, 0.717) is 6.26 Å². The molecule has 0 aromatic heterocycles. The molecule has 0 radical (unpaired) electrons. The lowest BCUT2D eigenvalue weighted by Crippen LogP contribution is -2.45. The highest BCUT2D eigenvalue weighted by Gasteiger charge is 2.28. The predicted molar refractivity (Wildman–Crippen MR) is 88.3 cm³/mol. The normalized spacial score (nSPS) is 17.3. The molecule has 4 nitrogen and oxygen atoms in total. The first-order chi connectivity index (χ1) is 9.83. The minimum atomic E-state index is -3.92. The molecular formula is C16H35NO3S. The summed E-state index contributed by atoms with van der Waals surface area (Å²) in [4.78, 5) is 0. The second-order valence-corrected chi connectivity index (χ2v) is 7.77. The van der Waals surface area contributed by atoms with E-state index in [-0.39, 0.29) is 0 Å². The van der Waals surface area contributed by atoms with E-state index >= 15 is 0 Å². The molecule has 1 aliphatic rings. The highest BCUT2D eigenvalue weighted by molar-refractivity contribution is 7.84. The van der Waals surface area contributed by atoms with E-state index < -0.39 is 10.1 Å². The van der Waals surface area contributed by atoms with Gasteiger partial charge >= 0.3 is 0 Å². The Morgan fingerprint density at radius 3 is 1.76 bits per heavy atom. The van der Waals surface area contributed by atoms with Crippen LogP contribution in [0.25, 0.3) is 0 Å². The SMILES string of the molecule is CCCCCCCCC[N+]1(CC)CCCC1.CS(=O)(=O)[O-]. The van der Waals surface area contributed by atoms with Gasteiger partial charge in [0.05, 0.1) is 36.3 Å². The summed E-state index contributed by atoms with van der Waals surface area (Å²) in [6.07, 6.45) is 13.7. The molecular weight excluding hydrogens is 286 g/mol. The number of unbranched alkanes of at least 4 members (excludes halogenated alkanes) is 6. The summed E-state index contributed by atoms with van der Waals surface area (Å²) in [6.45, 7) is 10.4. The molecule has 1 aliphatic heterocycles. The van der Waals surface area contributed by atoms with E-state index in [0.717, 1.165) is 0 Å². The molecule has 0 saturated carbocycles. The topological polar surface area (TPSA) is 57.2 Å². The van der Waals surface area contributed by atoms with Crippen molar-refractivity contribution in [3.05, 3.63) is 0 Å². The van der Waals surface area contributed by atoms with Gasteiger partial charge in [-0.2, -0.15) is 0 Å². The minimum Gasteiger partial charge on any atom is -0.748 e. The second kappa shape index (κ2) is 11.4. The maximum Gasteiger partial charge on any atom is 0.0916 e. The van der Waals surface area contributed by atoms with Crippen LogP contribution in [0.15, 0.2) is 0 Å². The molecule has 0 spiro atoms. The van der Waals surface area contributed by atoms with E-state index in [1.165, 1.54) is 88.4 Å². The lowest BCUT2D eigenvalue weighted by molar-refractivity contribution is -0.915. The maximum absolute atomic E-state index is 9.08. The molecule has 0 amide bonds. The molecule has 0 aromatic rings. The first-order valence-corrected chi connectivity index (χ1v) is 10.4. The van der Waals surface area contributed by atoms with Crippen LogP contribution in [0, 0.1) is 0 Å². The Morgan fingerprint density at radius 2 is 1.33 bits per heavy atom. The maximum atomic E-state index is 9.08. The van der Waals surface area contributed by atoms with Crippen molar-refractivity contribution in [3.63, 3.8) is 0 Å². The zero-order chi connectivity index (χ0) is 16.2. The Labute approximate surface area is 132 Å². The number of quaternary nitrogens is 1. The first-order valence-electron chi connectivity index (χ1n) is 8.59. The van der Waals surface area contributed by atoms with Crippen molar-refractivity contribution >= 4 is 10.1 Å². The molecule has 1 saturated heterocycles. The average Bonchev–Trinajstić information content (AvgIpc) is 2.85. The lowest BCUT2D eigenvalue weighted by atomic mass is 10.1. The highest BCUT2D eigenvalue weighted by Crippen LogP contribution is 2.20. The molecule has 21 heavy (non-hydrogen) atoms. The van der Waals surface area contributed by atoms with Crippen LogP contribution in [0.3, 0.4) is 0 Å². The fourth-order valence-corrected chi connectivity index (χ4v) is 3.11. The molecule has 1 heterocycles. The Kier molecular flexibility index (Phi) is 11.4. The molecule has 0 N–H and O–H groups in total. The number of hydrogen-bond acceptors (Lipinski definition) is 3. The van der Waals surface area contributed by atoms with Gasteiger partial charge in [0.1, 0.15) is 0 Å². The van der Waals surface area contributed by atoms with Crippen molar-refractivity contribution in [1.82, 2.24) is 0 Å². The number of rotatable bonds is 9. The molecule has 128 valence electrons. The fraction of sp³-hybridized carbons (Fsp3) is 1.00. The standard InChI is InChI=1S/C15H32N.CH4O3S/c1-3-5-6-7-8-9-10-13-16(4-2)14-11-12-15-16;1-5(2,3)4/h3-15H2,1-2H3;1H3,(H,2,3,4)/q+1;/p-1. The molecule has 0 atom stereocenters. The molecule has 1 rings (SSSR count). The quantitative estimate of drug-likeness (QED) is 0.371. The zero-order valence-electron chi connectivity index (χ0n) is 14.3. The fourth-order valence-electron chi connectivity index (χ4n) is 3.11. The molecule has 0 aliphatic carbocycles. The summed E-state index contributed by atoms with van der Waals surface area (Å²) in [7, 11) is -3.92. The zero-order valence-corrected chi connectivity index (χ0v) is 15.1. The molecule has 5 heteroatoms. The summed E-state index contributed by atoms with van der Waals surface area (Å²) < 4.78 is 28.7. The number of nitrogens with zero attached hydrogens (tertiary/aromatic N) is 1. The van der Waals surface area contributed by atoms with Gasteiger partial charge < -0.3 is 9.04 Å². The largest absolute Gasteiger partial charge is 0.748 e. The summed E-state index contributed by atoms with van der Waals surface area (Å²) in [5.74, 6) is 0. The Morgan fingerprint density at radius 1 is 0.905 bits per heavy atom. The van der Waals surface area contributed by atoms with Gasteiger partial charge in [-0.25, -0.2) is 8.42 Å². The van der Waals surface area contributed by atoms with E-state index in [2.05, 4.69) is 13.8 Å². The monoisotopic (exact) mass is 321 g/mol. The van der Waals surface area contributed by atoms with Gasteiger partial charge in [-0.05, 0) is 19.8 Å². The van der Waals surface area contributed by atoms with E-state index in [1.54, 1.807) is 0 Å². The number of likely N-dealkylation sites (tertiary alicyclic amines) is 1. The van der Waals surface area contributed by atoms with Gasteiger partial charge in [-0.15, -0.1) is 0 Å². The van der Waals surface area contributed by atoms with Crippen molar-refractivity contribution in [2.75, 3.05) is 32.4 Å². The lowest BCUT2D eigenvalue weighted by Gasteiger charge is -2.33.